The fourth-order valence-electron chi connectivity index (χ4n) is 2.31. The van der Waals surface area contributed by atoms with Crippen LogP contribution in [0.3, 0.4) is 0 Å². The number of benzene rings is 2. The summed E-state index contributed by atoms with van der Waals surface area (Å²) in [5, 5.41) is 12.8. The summed E-state index contributed by atoms with van der Waals surface area (Å²) in [6, 6.07) is 13.7. The Morgan fingerprint density at radius 2 is 1.72 bits per heavy atom. The highest BCUT2D eigenvalue weighted by Gasteiger charge is 2.17. The maximum Gasteiger partial charge on any atom is 0.261 e. The number of anilines is 2. The van der Waals surface area contributed by atoms with Crippen molar-refractivity contribution >= 4 is 33.2 Å². The first-order valence-electron chi connectivity index (χ1n) is 8.01. The van der Waals surface area contributed by atoms with Crippen LogP contribution in [0.2, 0.25) is 0 Å². The number of rotatable bonds is 9. The summed E-state index contributed by atoms with van der Waals surface area (Å²) in [5.41, 5.74) is 2.12. The topological polar surface area (TPSA) is 78.4 Å². The number of aliphatic hydroxyl groups excluding tert-OH is 1. The van der Waals surface area contributed by atoms with Crippen LogP contribution in [0.4, 0.5) is 11.4 Å². The maximum atomic E-state index is 12.6. The number of para-hydroxylation sites is 2. The lowest BCUT2D eigenvalue weighted by Gasteiger charge is -2.20. The van der Waals surface area contributed by atoms with Crippen molar-refractivity contribution in [2.45, 2.75) is 24.3 Å². The van der Waals surface area contributed by atoms with Crippen molar-refractivity contribution in [2.75, 3.05) is 28.7 Å². The molecule has 2 aromatic carbocycles. The van der Waals surface area contributed by atoms with E-state index >= 15 is 0 Å². The number of nitrogens with one attached hydrogen (secondary N) is 2. The van der Waals surface area contributed by atoms with E-state index in [1.807, 2.05) is 19.2 Å². The van der Waals surface area contributed by atoms with E-state index in [-0.39, 0.29) is 17.5 Å². The van der Waals surface area contributed by atoms with Crippen molar-refractivity contribution in [1.82, 2.24) is 0 Å². The molecule has 0 aliphatic carbocycles. The second-order valence-electron chi connectivity index (χ2n) is 5.77. The van der Waals surface area contributed by atoms with Gasteiger partial charge in [-0.2, -0.15) is 11.8 Å². The van der Waals surface area contributed by atoms with E-state index in [9.17, 15) is 13.5 Å². The van der Waals surface area contributed by atoms with Crippen LogP contribution in [0, 0.1) is 6.92 Å². The average Bonchev–Trinajstić information content (AvgIpc) is 2.60. The van der Waals surface area contributed by atoms with Crippen LogP contribution in [0.15, 0.2) is 53.4 Å². The minimum Gasteiger partial charge on any atom is -0.394 e. The van der Waals surface area contributed by atoms with E-state index in [4.69, 9.17) is 0 Å². The molecular formula is C18H24N2O3S2. The zero-order chi connectivity index (χ0) is 18.3. The summed E-state index contributed by atoms with van der Waals surface area (Å²) in [5.74, 6) is 0.912. The molecule has 136 valence electrons. The molecule has 25 heavy (non-hydrogen) atoms. The molecule has 1 atom stereocenters. The van der Waals surface area contributed by atoms with E-state index < -0.39 is 10.0 Å². The van der Waals surface area contributed by atoms with Gasteiger partial charge in [0.15, 0.2) is 0 Å². The molecule has 2 rings (SSSR count). The smallest absolute Gasteiger partial charge is 0.261 e. The molecule has 0 bridgehead atoms. The van der Waals surface area contributed by atoms with Crippen LogP contribution in [-0.2, 0) is 10.0 Å². The molecule has 0 fully saturated rings. The van der Waals surface area contributed by atoms with Gasteiger partial charge in [-0.25, -0.2) is 8.42 Å². The Labute approximate surface area is 153 Å². The van der Waals surface area contributed by atoms with Crippen LogP contribution in [0.25, 0.3) is 0 Å². The van der Waals surface area contributed by atoms with Crippen molar-refractivity contribution in [3.05, 3.63) is 54.1 Å². The molecule has 2 aromatic rings. The Bertz CT molecular complexity index is 777. The number of thioether (sulfide) groups is 1. The highest BCUT2D eigenvalue weighted by molar-refractivity contribution is 7.98. The first kappa shape index (κ1) is 19.6. The van der Waals surface area contributed by atoms with Crippen molar-refractivity contribution in [2.24, 2.45) is 0 Å². The van der Waals surface area contributed by atoms with Crippen LogP contribution in [0.1, 0.15) is 12.0 Å². The fraction of sp³-hybridized carbons (Fsp3) is 0.333. The lowest BCUT2D eigenvalue weighted by atomic mass is 10.2. The third kappa shape index (κ3) is 5.66. The molecular weight excluding hydrogens is 356 g/mol. The average molecular weight is 381 g/mol. The molecule has 0 amide bonds. The summed E-state index contributed by atoms with van der Waals surface area (Å²) in [7, 11) is -3.67. The molecule has 7 heteroatoms. The van der Waals surface area contributed by atoms with Gasteiger partial charge in [0.05, 0.1) is 28.9 Å². The molecule has 0 saturated carbocycles. The second kappa shape index (κ2) is 9.12. The van der Waals surface area contributed by atoms with Gasteiger partial charge in [0.2, 0.25) is 0 Å². The van der Waals surface area contributed by atoms with Crippen molar-refractivity contribution in [3.8, 4) is 0 Å². The minimum absolute atomic E-state index is 0.0143. The van der Waals surface area contributed by atoms with Gasteiger partial charge in [0.25, 0.3) is 10.0 Å². The number of aliphatic hydroxyl groups is 1. The van der Waals surface area contributed by atoms with Crippen molar-refractivity contribution < 1.29 is 13.5 Å². The lowest BCUT2D eigenvalue weighted by Crippen LogP contribution is -2.25. The number of hydrogen-bond acceptors (Lipinski definition) is 5. The van der Waals surface area contributed by atoms with Gasteiger partial charge in [0, 0.05) is 0 Å². The quantitative estimate of drug-likeness (QED) is 0.622. The Hall–Kier alpha value is -1.70. The van der Waals surface area contributed by atoms with Crippen LogP contribution >= 0.6 is 11.8 Å². The third-order valence-corrected chi connectivity index (χ3v) is 5.78. The van der Waals surface area contributed by atoms with Gasteiger partial charge in [-0.1, -0.05) is 29.8 Å². The van der Waals surface area contributed by atoms with Crippen molar-refractivity contribution in [3.63, 3.8) is 0 Å². The predicted octanol–water partition coefficient (Wildman–Crippen LogP) is 3.32. The molecule has 0 heterocycles. The lowest BCUT2D eigenvalue weighted by molar-refractivity contribution is 0.272. The van der Waals surface area contributed by atoms with Crippen LogP contribution in [-0.4, -0.2) is 38.2 Å². The minimum atomic E-state index is -3.67. The summed E-state index contributed by atoms with van der Waals surface area (Å²) in [6.07, 6.45) is 2.80. The Balaban J connectivity index is 2.21. The monoisotopic (exact) mass is 380 g/mol. The van der Waals surface area contributed by atoms with Gasteiger partial charge in [-0.05, 0) is 49.6 Å². The van der Waals surface area contributed by atoms with Gasteiger partial charge in [0.1, 0.15) is 0 Å². The molecule has 0 unspecified atom stereocenters. The summed E-state index contributed by atoms with van der Waals surface area (Å²) < 4.78 is 27.8. The fourth-order valence-corrected chi connectivity index (χ4v) is 3.91. The van der Waals surface area contributed by atoms with Crippen LogP contribution in [0.5, 0.6) is 0 Å². The number of aryl methyl sites for hydroxylation is 1. The molecule has 3 N–H and O–H groups in total. The largest absolute Gasteiger partial charge is 0.394 e. The van der Waals surface area contributed by atoms with Gasteiger partial charge >= 0.3 is 0 Å². The Morgan fingerprint density at radius 1 is 1.08 bits per heavy atom. The van der Waals surface area contributed by atoms with Crippen LogP contribution < -0.4 is 10.0 Å². The van der Waals surface area contributed by atoms with Gasteiger partial charge < -0.3 is 10.4 Å². The third-order valence-electron chi connectivity index (χ3n) is 3.75. The number of sulfonamides is 1. The normalized spacial score (nSPS) is 12.6. The maximum absolute atomic E-state index is 12.6. The molecule has 0 saturated heterocycles. The SMILES string of the molecule is CSCC[C@@H](CO)Nc1ccccc1NS(=O)(=O)c1ccc(C)cc1. The Morgan fingerprint density at radius 3 is 2.32 bits per heavy atom. The highest BCUT2D eigenvalue weighted by Crippen LogP contribution is 2.25. The highest BCUT2D eigenvalue weighted by atomic mass is 32.2. The number of hydrogen-bond donors (Lipinski definition) is 3. The predicted molar refractivity (Wildman–Crippen MR) is 106 cm³/mol. The first-order valence-corrected chi connectivity index (χ1v) is 10.9. The Kier molecular flexibility index (Phi) is 7.16. The standard InChI is InChI=1S/C18H24N2O3S2/c1-14-7-9-16(10-8-14)25(22,23)20-18-6-4-3-5-17(18)19-15(13-21)11-12-24-2/h3-10,15,19-21H,11-13H2,1-2H3/t15-/m0/s1. The zero-order valence-corrected chi connectivity index (χ0v) is 16.0. The molecule has 0 radical (unpaired) electrons. The van der Waals surface area contributed by atoms with E-state index in [0.717, 1.165) is 17.7 Å². The molecule has 0 aromatic heterocycles. The van der Waals surface area contributed by atoms with E-state index in [1.54, 1.807) is 54.2 Å². The second-order valence-corrected chi connectivity index (χ2v) is 8.44. The van der Waals surface area contributed by atoms with Crippen molar-refractivity contribution in [1.29, 1.82) is 0 Å². The summed E-state index contributed by atoms with van der Waals surface area (Å²) in [6.45, 7) is 1.90. The van der Waals surface area contributed by atoms with Gasteiger partial charge in [-0.3, -0.25) is 4.72 Å². The summed E-state index contributed by atoms with van der Waals surface area (Å²) in [4.78, 5) is 0.217. The molecule has 0 aliphatic heterocycles. The van der Waals surface area contributed by atoms with E-state index in [2.05, 4.69) is 10.0 Å². The van der Waals surface area contributed by atoms with E-state index in [0.29, 0.717) is 11.4 Å². The molecule has 0 spiro atoms. The molecule has 0 aliphatic rings. The zero-order valence-electron chi connectivity index (χ0n) is 14.4. The first-order chi connectivity index (χ1) is 12.0. The summed E-state index contributed by atoms with van der Waals surface area (Å²) >= 11 is 1.71. The van der Waals surface area contributed by atoms with Gasteiger partial charge in [-0.15, -0.1) is 0 Å². The molecule has 5 nitrogen and oxygen atoms in total. The van der Waals surface area contributed by atoms with E-state index in [1.165, 1.54) is 0 Å².